The standard InChI is InChI=1S/C16H32N2O/c1-2-7-16-14-15(8-13-19-16)17-9-6-12-18-10-4-3-5-11-18/h15-17H,2-14H2,1H3. The summed E-state index contributed by atoms with van der Waals surface area (Å²) < 4.78 is 5.80. The molecule has 2 unspecified atom stereocenters. The van der Waals surface area contributed by atoms with Gasteiger partial charge in [0.1, 0.15) is 0 Å². The van der Waals surface area contributed by atoms with Gasteiger partial charge in [-0.3, -0.25) is 0 Å². The first kappa shape index (κ1) is 15.3. The van der Waals surface area contributed by atoms with Gasteiger partial charge in [0.25, 0.3) is 0 Å². The van der Waals surface area contributed by atoms with Gasteiger partial charge in [0.2, 0.25) is 0 Å². The maximum Gasteiger partial charge on any atom is 0.0589 e. The molecule has 0 radical (unpaired) electrons. The molecule has 2 fully saturated rings. The molecule has 0 aromatic heterocycles. The third kappa shape index (κ3) is 5.80. The summed E-state index contributed by atoms with van der Waals surface area (Å²) in [5, 5.41) is 3.74. The normalized spacial score (nSPS) is 29.5. The van der Waals surface area contributed by atoms with E-state index < -0.39 is 0 Å². The van der Waals surface area contributed by atoms with Crippen molar-refractivity contribution >= 4 is 0 Å². The lowest BCUT2D eigenvalue weighted by Crippen LogP contribution is -2.40. The van der Waals surface area contributed by atoms with Crippen LogP contribution in [0.4, 0.5) is 0 Å². The van der Waals surface area contributed by atoms with Crippen LogP contribution in [0.15, 0.2) is 0 Å². The van der Waals surface area contributed by atoms with Gasteiger partial charge in [0.05, 0.1) is 6.10 Å². The van der Waals surface area contributed by atoms with Crippen LogP contribution in [0.25, 0.3) is 0 Å². The van der Waals surface area contributed by atoms with Crippen molar-refractivity contribution in [2.24, 2.45) is 0 Å². The Bertz CT molecular complexity index is 227. The van der Waals surface area contributed by atoms with E-state index in [0.717, 1.165) is 6.61 Å². The molecule has 0 saturated carbocycles. The maximum absolute atomic E-state index is 5.80. The molecular formula is C16H32N2O. The maximum atomic E-state index is 5.80. The summed E-state index contributed by atoms with van der Waals surface area (Å²) in [6.07, 6.45) is 11.0. The number of nitrogens with zero attached hydrogens (tertiary/aromatic N) is 1. The molecule has 1 N–H and O–H groups in total. The molecule has 112 valence electrons. The van der Waals surface area contributed by atoms with Crippen LogP contribution < -0.4 is 5.32 Å². The van der Waals surface area contributed by atoms with Crippen LogP contribution in [-0.2, 0) is 4.74 Å². The van der Waals surface area contributed by atoms with Crippen LogP contribution in [0.2, 0.25) is 0 Å². The molecule has 0 aromatic rings. The van der Waals surface area contributed by atoms with Crippen LogP contribution in [0.5, 0.6) is 0 Å². The van der Waals surface area contributed by atoms with Crippen molar-refractivity contribution in [3.63, 3.8) is 0 Å². The second-order valence-corrected chi connectivity index (χ2v) is 6.21. The molecule has 2 aliphatic rings. The van der Waals surface area contributed by atoms with E-state index in [1.807, 2.05) is 0 Å². The van der Waals surface area contributed by atoms with E-state index in [1.165, 1.54) is 77.5 Å². The molecule has 2 heterocycles. The Morgan fingerprint density at radius 2 is 2.05 bits per heavy atom. The first-order valence-corrected chi connectivity index (χ1v) is 8.46. The van der Waals surface area contributed by atoms with E-state index >= 15 is 0 Å². The summed E-state index contributed by atoms with van der Waals surface area (Å²) in [4.78, 5) is 2.63. The summed E-state index contributed by atoms with van der Waals surface area (Å²) in [7, 11) is 0. The minimum absolute atomic E-state index is 0.512. The van der Waals surface area contributed by atoms with Crippen molar-refractivity contribution in [3.8, 4) is 0 Å². The zero-order chi connectivity index (χ0) is 13.3. The second-order valence-electron chi connectivity index (χ2n) is 6.21. The van der Waals surface area contributed by atoms with Crippen LogP contribution in [0, 0.1) is 0 Å². The Morgan fingerprint density at radius 3 is 2.84 bits per heavy atom. The minimum Gasteiger partial charge on any atom is -0.378 e. The fourth-order valence-corrected chi connectivity index (χ4v) is 3.38. The number of likely N-dealkylation sites (tertiary alicyclic amines) is 1. The first-order valence-electron chi connectivity index (χ1n) is 8.46. The van der Waals surface area contributed by atoms with Crippen LogP contribution >= 0.6 is 0 Å². The number of hydrogen-bond donors (Lipinski definition) is 1. The van der Waals surface area contributed by atoms with Gasteiger partial charge in [-0.25, -0.2) is 0 Å². The lowest BCUT2D eigenvalue weighted by Gasteiger charge is -2.31. The number of rotatable bonds is 7. The number of ether oxygens (including phenoxy) is 1. The highest BCUT2D eigenvalue weighted by molar-refractivity contribution is 4.77. The van der Waals surface area contributed by atoms with Crippen molar-refractivity contribution in [1.29, 1.82) is 0 Å². The third-order valence-corrected chi connectivity index (χ3v) is 4.51. The van der Waals surface area contributed by atoms with E-state index in [1.54, 1.807) is 0 Å². The molecule has 2 rings (SSSR count). The molecule has 2 saturated heterocycles. The molecule has 3 nitrogen and oxygen atoms in total. The van der Waals surface area contributed by atoms with Gasteiger partial charge < -0.3 is 15.0 Å². The Kier molecular flexibility index (Phi) is 7.18. The van der Waals surface area contributed by atoms with Crippen molar-refractivity contribution in [2.75, 3.05) is 32.8 Å². The van der Waals surface area contributed by atoms with Crippen LogP contribution in [-0.4, -0.2) is 49.8 Å². The van der Waals surface area contributed by atoms with Gasteiger partial charge in [0.15, 0.2) is 0 Å². The van der Waals surface area contributed by atoms with E-state index in [4.69, 9.17) is 4.74 Å². The topological polar surface area (TPSA) is 24.5 Å². The summed E-state index contributed by atoms with van der Waals surface area (Å²) >= 11 is 0. The Balaban J connectivity index is 1.52. The zero-order valence-electron chi connectivity index (χ0n) is 12.7. The van der Waals surface area contributed by atoms with Crippen molar-refractivity contribution in [2.45, 2.75) is 70.4 Å². The van der Waals surface area contributed by atoms with Gasteiger partial charge in [-0.15, -0.1) is 0 Å². The molecule has 0 amide bonds. The quantitative estimate of drug-likeness (QED) is 0.719. The Hall–Kier alpha value is -0.120. The molecule has 0 aromatic carbocycles. The van der Waals surface area contributed by atoms with Gasteiger partial charge in [-0.2, -0.15) is 0 Å². The minimum atomic E-state index is 0.512. The molecule has 19 heavy (non-hydrogen) atoms. The summed E-state index contributed by atoms with van der Waals surface area (Å²) in [6, 6.07) is 0.701. The second kappa shape index (κ2) is 8.93. The number of hydrogen-bond acceptors (Lipinski definition) is 3. The average molecular weight is 268 g/mol. The predicted octanol–water partition coefficient (Wildman–Crippen LogP) is 2.80. The Morgan fingerprint density at radius 1 is 1.21 bits per heavy atom. The summed E-state index contributed by atoms with van der Waals surface area (Å²) in [5.74, 6) is 0. The number of nitrogens with one attached hydrogen (secondary N) is 1. The molecule has 2 atom stereocenters. The predicted molar refractivity (Wildman–Crippen MR) is 80.6 cm³/mol. The van der Waals surface area contributed by atoms with Gasteiger partial charge in [-0.05, 0) is 64.7 Å². The Labute approximate surface area is 119 Å². The molecule has 2 aliphatic heterocycles. The molecule has 0 bridgehead atoms. The SMILES string of the molecule is CCCC1CC(NCCCN2CCCCC2)CCO1. The fourth-order valence-electron chi connectivity index (χ4n) is 3.38. The average Bonchev–Trinajstić information content (AvgIpc) is 2.46. The lowest BCUT2D eigenvalue weighted by molar-refractivity contribution is -0.00319. The molecule has 0 aliphatic carbocycles. The van der Waals surface area contributed by atoms with Crippen LogP contribution in [0.1, 0.15) is 58.3 Å². The van der Waals surface area contributed by atoms with Gasteiger partial charge in [-0.1, -0.05) is 19.8 Å². The highest BCUT2D eigenvalue weighted by Gasteiger charge is 2.21. The smallest absolute Gasteiger partial charge is 0.0589 e. The molecule has 0 spiro atoms. The lowest BCUT2D eigenvalue weighted by atomic mass is 10.00. The van der Waals surface area contributed by atoms with E-state index in [-0.39, 0.29) is 0 Å². The third-order valence-electron chi connectivity index (χ3n) is 4.51. The number of piperidine rings is 1. The largest absolute Gasteiger partial charge is 0.378 e. The first-order chi connectivity index (χ1) is 9.38. The van der Waals surface area contributed by atoms with E-state index in [0.29, 0.717) is 12.1 Å². The summed E-state index contributed by atoms with van der Waals surface area (Å²) in [6.45, 7) is 8.33. The van der Waals surface area contributed by atoms with Gasteiger partial charge in [0, 0.05) is 12.6 Å². The molecular weight excluding hydrogens is 236 g/mol. The highest BCUT2D eigenvalue weighted by Crippen LogP contribution is 2.17. The van der Waals surface area contributed by atoms with Crippen molar-refractivity contribution in [1.82, 2.24) is 10.2 Å². The summed E-state index contributed by atoms with van der Waals surface area (Å²) in [5.41, 5.74) is 0. The van der Waals surface area contributed by atoms with E-state index in [9.17, 15) is 0 Å². The van der Waals surface area contributed by atoms with Crippen LogP contribution in [0.3, 0.4) is 0 Å². The van der Waals surface area contributed by atoms with Crippen molar-refractivity contribution < 1.29 is 4.74 Å². The van der Waals surface area contributed by atoms with Crippen molar-refractivity contribution in [3.05, 3.63) is 0 Å². The van der Waals surface area contributed by atoms with Gasteiger partial charge >= 0.3 is 0 Å². The fraction of sp³-hybridized carbons (Fsp3) is 1.00. The zero-order valence-corrected chi connectivity index (χ0v) is 12.7. The molecule has 3 heteroatoms. The monoisotopic (exact) mass is 268 g/mol. The van der Waals surface area contributed by atoms with E-state index in [2.05, 4.69) is 17.1 Å². The highest BCUT2D eigenvalue weighted by atomic mass is 16.5.